The molecule has 1 aromatic heterocycles. The Morgan fingerprint density at radius 2 is 2.18 bits per heavy atom. The molecule has 1 aromatic rings. The average Bonchev–Trinajstić information content (AvgIpc) is 2.67. The molecular weight excluding hydrogens is 222 g/mol. The first-order chi connectivity index (χ1) is 8.09. The summed E-state index contributed by atoms with van der Waals surface area (Å²) in [5.41, 5.74) is 0. The molecular formula is C12H15NO4. The molecule has 1 heterocycles. The van der Waals surface area contributed by atoms with Gasteiger partial charge >= 0.3 is 5.97 Å². The predicted octanol–water partition coefficient (Wildman–Crippen LogP) is 1.35. The van der Waals surface area contributed by atoms with E-state index in [-0.39, 0.29) is 11.8 Å². The minimum absolute atomic E-state index is 0.111. The molecule has 1 amide bonds. The topological polar surface area (TPSA) is 70.8 Å². The molecule has 2 unspecified atom stereocenters. The molecule has 0 radical (unpaired) electrons. The van der Waals surface area contributed by atoms with Crippen molar-refractivity contribution in [3.8, 4) is 0 Å². The minimum atomic E-state index is -0.874. The Bertz CT molecular complexity index is 412. The van der Waals surface area contributed by atoms with Crippen molar-refractivity contribution in [2.75, 3.05) is 7.05 Å². The van der Waals surface area contributed by atoms with Crippen LogP contribution in [-0.2, 0) is 16.1 Å². The highest BCUT2D eigenvalue weighted by Gasteiger charge is 2.42. The fourth-order valence-electron chi connectivity index (χ4n) is 2.09. The van der Waals surface area contributed by atoms with Gasteiger partial charge in [-0.15, -0.1) is 0 Å². The second-order valence-corrected chi connectivity index (χ2v) is 4.40. The molecule has 1 aliphatic carbocycles. The highest BCUT2D eigenvalue weighted by Crippen LogP contribution is 2.35. The number of nitrogens with zero attached hydrogens (tertiary/aromatic N) is 1. The van der Waals surface area contributed by atoms with Crippen molar-refractivity contribution in [3.63, 3.8) is 0 Å². The molecule has 5 nitrogen and oxygen atoms in total. The van der Waals surface area contributed by atoms with Crippen molar-refractivity contribution in [1.29, 1.82) is 0 Å². The number of carboxylic acid groups (broad SMARTS) is 1. The van der Waals surface area contributed by atoms with E-state index in [0.717, 1.165) is 0 Å². The molecule has 92 valence electrons. The average molecular weight is 237 g/mol. The van der Waals surface area contributed by atoms with Gasteiger partial charge < -0.3 is 14.4 Å². The van der Waals surface area contributed by atoms with E-state index in [9.17, 15) is 9.59 Å². The molecule has 1 fully saturated rings. The lowest BCUT2D eigenvalue weighted by Gasteiger charge is -2.34. The van der Waals surface area contributed by atoms with Gasteiger partial charge in [-0.05, 0) is 25.0 Å². The van der Waals surface area contributed by atoms with Gasteiger partial charge in [0, 0.05) is 7.05 Å². The summed E-state index contributed by atoms with van der Waals surface area (Å²) in [6, 6.07) is 3.55. The molecule has 2 atom stereocenters. The SMILES string of the molecule is CN(Cc1ccco1)C(=O)C1CCC1C(=O)O. The Balaban J connectivity index is 1.93. The van der Waals surface area contributed by atoms with Crippen LogP contribution < -0.4 is 0 Å². The zero-order valence-corrected chi connectivity index (χ0v) is 9.63. The second kappa shape index (κ2) is 4.61. The third-order valence-corrected chi connectivity index (χ3v) is 3.26. The van der Waals surface area contributed by atoms with Gasteiger partial charge in [-0.3, -0.25) is 9.59 Å². The zero-order valence-electron chi connectivity index (χ0n) is 9.63. The number of carbonyl (C=O) groups excluding carboxylic acids is 1. The van der Waals surface area contributed by atoms with E-state index >= 15 is 0 Å². The first-order valence-corrected chi connectivity index (χ1v) is 5.59. The van der Waals surface area contributed by atoms with E-state index in [1.54, 1.807) is 25.4 Å². The first-order valence-electron chi connectivity index (χ1n) is 5.59. The maximum Gasteiger partial charge on any atom is 0.307 e. The smallest absolute Gasteiger partial charge is 0.307 e. The maximum absolute atomic E-state index is 12.0. The Hall–Kier alpha value is -1.78. The van der Waals surface area contributed by atoms with Gasteiger partial charge in [-0.25, -0.2) is 0 Å². The summed E-state index contributed by atoms with van der Waals surface area (Å²) in [6.07, 6.45) is 2.82. The number of hydrogen-bond acceptors (Lipinski definition) is 3. The minimum Gasteiger partial charge on any atom is -0.481 e. The molecule has 2 rings (SSSR count). The van der Waals surface area contributed by atoms with Crippen molar-refractivity contribution in [3.05, 3.63) is 24.2 Å². The van der Waals surface area contributed by atoms with Crippen molar-refractivity contribution < 1.29 is 19.1 Å². The van der Waals surface area contributed by atoms with Crippen molar-refractivity contribution in [2.45, 2.75) is 19.4 Å². The Morgan fingerprint density at radius 1 is 1.47 bits per heavy atom. The van der Waals surface area contributed by atoms with Crippen molar-refractivity contribution in [1.82, 2.24) is 4.90 Å². The lowest BCUT2D eigenvalue weighted by molar-refractivity contribution is -0.156. The summed E-state index contributed by atoms with van der Waals surface area (Å²) in [7, 11) is 1.67. The summed E-state index contributed by atoms with van der Waals surface area (Å²) in [5.74, 6) is -1.16. The number of aliphatic carboxylic acids is 1. The van der Waals surface area contributed by atoms with Gasteiger partial charge in [0.05, 0.1) is 24.6 Å². The van der Waals surface area contributed by atoms with Crippen LogP contribution in [-0.4, -0.2) is 28.9 Å². The van der Waals surface area contributed by atoms with E-state index in [1.807, 2.05) is 0 Å². The number of furan rings is 1. The Morgan fingerprint density at radius 3 is 2.65 bits per heavy atom. The predicted molar refractivity (Wildman–Crippen MR) is 59.0 cm³/mol. The molecule has 0 saturated heterocycles. The molecule has 0 spiro atoms. The molecule has 0 aliphatic heterocycles. The third-order valence-electron chi connectivity index (χ3n) is 3.26. The van der Waals surface area contributed by atoms with Gasteiger partial charge in [0.1, 0.15) is 5.76 Å². The Labute approximate surface area is 99.0 Å². The Kier molecular flexibility index (Phi) is 3.17. The summed E-state index contributed by atoms with van der Waals surface area (Å²) in [4.78, 5) is 24.4. The van der Waals surface area contributed by atoms with Crippen LogP contribution in [0.5, 0.6) is 0 Å². The van der Waals surface area contributed by atoms with Crippen molar-refractivity contribution >= 4 is 11.9 Å². The molecule has 1 aliphatic rings. The number of carboxylic acids is 1. The maximum atomic E-state index is 12.0. The fourth-order valence-corrected chi connectivity index (χ4v) is 2.09. The lowest BCUT2D eigenvalue weighted by Crippen LogP contribution is -2.44. The molecule has 0 bridgehead atoms. The highest BCUT2D eigenvalue weighted by atomic mass is 16.4. The third kappa shape index (κ3) is 2.33. The van der Waals surface area contributed by atoms with Crippen LogP contribution in [0, 0.1) is 11.8 Å². The van der Waals surface area contributed by atoms with Crippen LogP contribution in [0.1, 0.15) is 18.6 Å². The lowest BCUT2D eigenvalue weighted by atomic mass is 9.73. The monoisotopic (exact) mass is 237 g/mol. The summed E-state index contributed by atoms with van der Waals surface area (Å²) < 4.78 is 5.15. The number of carbonyl (C=O) groups is 2. The van der Waals surface area contributed by atoms with E-state index in [0.29, 0.717) is 25.1 Å². The van der Waals surface area contributed by atoms with Crippen molar-refractivity contribution in [2.24, 2.45) is 11.8 Å². The van der Waals surface area contributed by atoms with Gasteiger partial charge in [-0.2, -0.15) is 0 Å². The zero-order chi connectivity index (χ0) is 12.4. The molecule has 1 N–H and O–H groups in total. The first kappa shape index (κ1) is 11.7. The van der Waals surface area contributed by atoms with Crippen LogP contribution >= 0.6 is 0 Å². The van der Waals surface area contributed by atoms with Gasteiger partial charge in [0.2, 0.25) is 5.91 Å². The molecule has 1 saturated carbocycles. The van der Waals surface area contributed by atoms with E-state index in [4.69, 9.17) is 9.52 Å². The largest absolute Gasteiger partial charge is 0.481 e. The second-order valence-electron chi connectivity index (χ2n) is 4.40. The van der Waals surface area contributed by atoms with E-state index in [2.05, 4.69) is 0 Å². The number of amides is 1. The molecule has 0 aromatic carbocycles. The standard InChI is InChI=1S/C12H15NO4/c1-13(7-8-3-2-6-17-8)11(14)9-4-5-10(9)12(15)16/h2-3,6,9-10H,4-5,7H2,1H3,(H,15,16). The van der Waals surface area contributed by atoms with Crippen LogP contribution in [0.3, 0.4) is 0 Å². The summed E-state index contributed by atoms with van der Waals surface area (Å²) in [5, 5.41) is 8.90. The van der Waals surface area contributed by atoms with Crippen LogP contribution in [0.4, 0.5) is 0 Å². The van der Waals surface area contributed by atoms with E-state index in [1.165, 1.54) is 4.90 Å². The van der Waals surface area contributed by atoms with Crippen LogP contribution in [0.2, 0.25) is 0 Å². The summed E-state index contributed by atoms with van der Waals surface area (Å²) in [6.45, 7) is 0.384. The van der Waals surface area contributed by atoms with Gasteiger partial charge in [0.15, 0.2) is 0 Å². The number of hydrogen-bond donors (Lipinski definition) is 1. The quantitative estimate of drug-likeness (QED) is 0.858. The number of rotatable bonds is 4. The van der Waals surface area contributed by atoms with Crippen LogP contribution in [0.15, 0.2) is 22.8 Å². The van der Waals surface area contributed by atoms with E-state index < -0.39 is 11.9 Å². The fraction of sp³-hybridized carbons (Fsp3) is 0.500. The van der Waals surface area contributed by atoms with Crippen LogP contribution in [0.25, 0.3) is 0 Å². The molecule has 17 heavy (non-hydrogen) atoms. The summed E-state index contributed by atoms with van der Waals surface area (Å²) >= 11 is 0. The highest BCUT2D eigenvalue weighted by molar-refractivity contribution is 5.86. The van der Waals surface area contributed by atoms with Gasteiger partial charge in [0.25, 0.3) is 0 Å². The normalized spacial score (nSPS) is 22.9. The molecule has 5 heteroatoms. The van der Waals surface area contributed by atoms with Gasteiger partial charge in [-0.1, -0.05) is 0 Å².